The number of hydrogen-bond acceptors (Lipinski definition) is 8. The minimum absolute atomic E-state index is 0.0851. The van der Waals surface area contributed by atoms with Crippen molar-refractivity contribution in [2.75, 3.05) is 31.1 Å². The van der Waals surface area contributed by atoms with Crippen LogP contribution in [-0.2, 0) is 30.9 Å². The molecule has 2 saturated heterocycles. The minimum atomic E-state index is -1.04. The Hall–Kier alpha value is -5.71. The van der Waals surface area contributed by atoms with Gasteiger partial charge in [0.15, 0.2) is 0 Å². The van der Waals surface area contributed by atoms with Crippen molar-refractivity contribution in [1.82, 2.24) is 20.1 Å². The van der Waals surface area contributed by atoms with Crippen LogP contribution in [0.5, 0.6) is 11.5 Å². The lowest BCUT2D eigenvalue weighted by atomic mass is 9.69. The van der Waals surface area contributed by atoms with E-state index in [4.69, 9.17) is 9.72 Å². The maximum absolute atomic E-state index is 13.2. The van der Waals surface area contributed by atoms with Crippen molar-refractivity contribution in [3.8, 4) is 11.5 Å². The lowest BCUT2D eigenvalue weighted by molar-refractivity contribution is -0.129. The van der Waals surface area contributed by atoms with Gasteiger partial charge in [-0.1, -0.05) is 54.6 Å². The number of piperidine rings is 1. The average Bonchev–Trinajstić information content (AvgIpc) is 3.55. The summed E-state index contributed by atoms with van der Waals surface area (Å²) in [6, 6.07) is 34.9. The largest absolute Gasteiger partial charge is 0.508 e. The number of aliphatic hydroxyl groups excluding tert-OH is 1. The van der Waals surface area contributed by atoms with E-state index in [9.17, 15) is 19.8 Å². The van der Waals surface area contributed by atoms with Crippen molar-refractivity contribution >= 4 is 17.5 Å². The van der Waals surface area contributed by atoms with E-state index in [-0.39, 0.29) is 17.7 Å². The summed E-state index contributed by atoms with van der Waals surface area (Å²) in [5.74, 6) is 1.43. The Labute approximate surface area is 327 Å². The Morgan fingerprint density at radius 3 is 2.39 bits per heavy atom. The van der Waals surface area contributed by atoms with Gasteiger partial charge in [-0.2, -0.15) is 0 Å². The molecule has 5 aromatic rings. The second kappa shape index (κ2) is 15.4. The van der Waals surface area contributed by atoms with Gasteiger partial charge in [-0.3, -0.25) is 19.5 Å². The molecule has 2 amide bonds. The molecule has 0 saturated carbocycles. The summed E-state index contributed by atoms with van der Waals surface area (Å²) in [6.45, 7) is 5.21. The molecule has 0 radical (unpaired) electrons. The van der Waals surface area contributed by atoms with Gasteiger partial charge in [-0.05, 0) is 102 Å². The lowest BCUT2D eigenvalue weighted by Crippen LogP contribution is -2.55. The topological polar surface area (TPSA) is 118 Å². The van der Waals surface area contributed by atoms with Gasteiger partial charge in [0.1, 0.15) is 24.3 Å². The predicted octanol–water partition coefficient (Wildman–Crippen LogP) is 6.10. The number of benzene rings is 4. The number of pyridine rings is 1. The van der Waals surface area contributed by atoms with Crippen LogP contribution in [0.15, 0.2) is 109 Å². The van der Waals surface area contributed by atoms with E-state index in [2.05, 4.69) is 94.0 Å². The fourth-order valence-electron chi connectivity index (χ4n) is 9.13. The highest BCUT2D eigenvalue weighted by Crippen LogP contribution is 2.47. The molecule has 9 rings (SSSR count). The number of fused-ring (bicyclic) bond motifs is 2. The fourth-order valence-corrected chi connectivity index (χ4v) is 9.13. The molecule has 4 heterocycles. The molecule has 4 aromatic carbocycles. The summed E-state index contributed by atoms with van der Waals surface area (Å²) in [6.07, 6.45) is 3.62. The molecule has 3 N–H and O–H groups in total. The molecule has 1 aromatic heterocycles. The van der Waals surface area contributed by atoms with Crippen LogP contribution in [0.3, 0.4) is 0 Å². The van der Waals surface area contributed by atoms with E-state index in [0.29, 0.717) is 43.2 Å². The third-order valence-electron chi connectivity index (χ3n) is 12.1. The highest BCUT2D eigenvalue weighted by molar-refractivity contribution is 5.99. The summed E-state index contributed by atoms with van der Waals surface area (Å²) >= 11 is 0. The lowest BCUT2D eigenvalue weighted by Gasteiger charge is -2.36. The Morgan fingerprint density at radius 2 is 1.62 bits per heavy atom. The van der Waals surface area contributed by atoms with Crippen LogP contribution in [-0.4, -0.2) is 75.3 Å². The first-order valence-corrected chi connectivity index (χ1v) is 19.8. The number of anilines is 1. The van der Waals surface area contributed by atoms with E-state index >= 15 is 0 Å². The minimum Gasteiger partial charge on any atom is -0.508 e. The van der Waals surface area contributed by atoms with Crippen LogP contribution in [0.2, 0.25) is 0 Å². The highest BCUT2D eigenvalue weighted by atomic mass is 16.5. The van der Waals surface area contributed by atoms with Crippen LogP contribution < -0.4 is 15.0 Å². The third-order valence-corrected chi connectivity index (χ3v) is 12.1. The van der Waals surface area contributed by atoms with Gasteiger partial charge in [-0.15, -0.1) is 0 Å². The average molecular weight is 750 g/mol. The Kier molecular flexibility index (Phi) is 9.91. The number of aliphatic hydroxyl groups is 1. The molecule has 0 bridgehead atoms. The third kappa shape index (κ3) is 7.34. The number of hydrogen-bond donors (Lipinski definition) is 3. The summed E-state index contributed by atoms with van der Waals surface area (Å²) in [5, 5.41) is 23.2. The van der Waals surface area contributed by atoms with E-state index < -0.39 is 12.3 Å². The zero-order valence-electron chi connectivity index (χ0n) is 31.4. The molecule has 286 valence electrons. The summed E-state index contributed by atoms with van der Waals surface area (Å²) < 4.78 is 6.22. The van der Waals surface area contributed by atoms with Crippen molar-refractivity contribution in [2.45, 2.75) is 69.5 Å². The molecule has 10 heteroatoms. The second-order valence-corrected chi connectivity index (χ2v) is 15.6. The summed E-state index contributed by atoms with van der Waals surface area (Å²) in [4.78, 5) is 36.1. The molecular weight excluding hydrogens is 703 g/mol. The maximum Gasteiger partial charge on any atom is 0.254 e. The molecule has 3 aliphatic heterocycles. The Morgan fingerprint density at radius 1 is 0.804 bits per heavy atom. The monoisotopic (exact) mass is 749 g/mol. The summed E-state index contributed by atoms with van der Waals surface area (Å²) in [5.41, 5.74) is 9.88. The standard InChI is InChI=1S/C46H47N5O5/c52-37-12-17-40-33(25-37)9-15-39(31-4-2-1-3-5-31)44(40)32-7-13-38(14-8-32)56-29-30-6-10-35(47-26-30)28-49-20-22-50(23-21-49)36-11-16-41-34(24-36)27-51(46(41)55)42-18-19-43(53)48-45(42)54/h1-8,10-14,16-17,24-26,39,42,44-45,52,54H,9,15,18-23,27-29H2,(H,48,53)/t39-,42?,44+,45?/m1/s1. The van der Waals surface area contributed by atoms with Crippen molar-refractivity contribution in [3.05, 3.63) is 154 Å². The molecule has 4 atom stereocenters. The smallest absolute Gasteiger partial charge is 0.254 e. The van der Waals surface area contributed by atoms with E-state index in [1.54, 1.807) is 4.90 Å². The number of piperazine rings is 1. The van der Waals surface area contributed by atoms with Crippen molar-refractivity contribution in [1.29, 1.82) is 0 Å². The number of rotatable bonds is 9. The highest BCUT2D eigenvalue weighted by Gasteiger charge is 2.39. The molecule has 2 unspecified atom stereocenters. The zero-order valence-corrected chi connectivity index (χ0v) is 31.4. The Bertz CT molecular complexity index is 2200. The number of carbonyl (C=O) groups excluding carboxylic acids is 2. The Balaban J connectivity index is 0.774. The van der Waals surface area contributed by atoms with Gasteiger partial charge in [0.05, 0.1) is 11.7 Å². The van der Waals surface area contributed by atoms with Crippen molar-refractivity contribution in [2.24, 2.45) is 0 Å². The normalized spacial score (nSPS) is 22.4. The number of amides is 2. The van der Waals surface area contributed by atoms with E-state index in [0.717, 1.165) is 73.8 Å². The molecule has 1 aliphatic carbocycles. The van der Waals surface area contributed by atoms with Crippen molar-refractivity contribution in [3.63, 3.8) is 0 Å². The SMILES string of the molecule is O=C1CCC(N2Cc3cc(N4CCN(Cc5ccc(COc6ccc([C@@H]7c8ccc(O)cc8CC[C@@H]7c7ccccc7)cc6)cn5)CC4)ccc3C2=O)C(O)N1. The first kappa shape index (κ1) is 36.0. The first-order valence-electron chi connectivity index (χ1n) is 19.8. The molecule has 56 heavy (non-hydrogen) atoms. The number of nitrogens with zero attached hydrogens (tertiary/aromatic N) is 4. The number of carbonyl (C=O) groups is 2. The van der Waals surface area contributed by atoms with Gasteiger partial charge >= 0.3 is 0 Å². The molecule has 2 fully saturated rings. The number of aryl methyl sites for hydroxylation is 1. The van der Waals surface area contributed by atoms with Crippen LogP contribution in [0.1, 0.15) is 80.5 Å². The fraction of sp³-hybridized carbons (Fsp3) is 0.326. The number of aromatic hydroxyl groups is 1. The van der Waals surface area contributed by atoms with Crippen LogP contribution >= 0.6 is 0 Å². The molecule has 0 spiro atoms. The number of nitrogens with one attached hydrogen (secondary N) is 1. The number of aromatic nitrogens is 1. The second-order valence-electron chi connectivity index (χ2n) is 15.6. The predicted molar refractivity (Wildman–Crippen MR) is 213 cm³/mol. The van der Waals surface area contributed by atoms with E-state index in [1.807, 2.05) is 30.5 Å². The molecule has 10 nitrogen and oxygen atoms in total. The quantitative estimate of drug-likeness (QED) is 0.166. The summed E-state index contributed by atoms with van der Waals surface area (Å²) in [7, 11) is 0. The number of phenolic OH excluding ortho intramolecular Hbond substituents is 1. The van der Waals surface area contributed by atoms with Gasteiger partial charge in [0, 0.05) is 74.6 Å². The van der Waals surface area contributed by atoms with Crippen LogP contribution in [0.4, 0.5) is 5.69 Å². The first-order chi connectivity index (χ1) is 27.4. The van der Waals surface area contributed by atoms with E-state index in [1.165, 1.54) is 22.3 Å². The van der Waals surface area contributed by atoms with Crippen LogP contribution in [0, 0.1) is 0 Å². The van der Waals surface area contributed by atoms with Gasteiger partial charge in [0.25, 0.3) is 5.91 Å². The van der Waals surface area contributed by atoms with Crippen molar-refractivity contribution < 1.29 is 24.5 Å². The zero-order chi connectivity index (χ0) is 38.2. The maximum atomic E-state index is 13.2. The number of ether oxygens (including phenoxy) is 1. The van der Waals surface area contributed by atoms with Crippen LogP contribution in [0.25, 0.3) is 0 Å². The van der Waals surface area contributed by atoms with Gasteiger partial charge in [0.2, 0.25) is 5.91 Å². The number of phenols is 1. The van der Waals surface area contributed by atoms with Gasteiger partial charge in [-0.25, -0.2) is 0 Å². The molecular formula is C46H47N5O5. The van der Waals surface area contributed by atoms with Gasteiger partial charge < -0.3 is 30.1 Å². The molecule has 4 aliphatic rings.